The maximum absolute atomic E-state index is 15.8. The zero-order chi connectivity index (χ0) is 48.2. The van der Waals surface area contributed by atoms with Crippen molar-refractivity contribution in [1.29, 1.82) is 0 Å². The molecule has 1 saturated carbocycles. The van der Waals surface area contributed by atoms with E-state index in [1.165, 1.54) is 0 Å². The molecule has 0 aromatic heterocycles. The maximum atomic E-state index is 15.8. The van der Waals surface area contributed by atoms with Crippen LogP contribution in [0, 0.1) is 33.1 Å². The number of carbonyl (C=O) groups is 2. The second-order valence-corrected chi connectivity index (χ2v) is 20.1. The Bertz CT molecular complexity index is 2750. The van der Waals surface area contributed by atoms with E-state index >= 15 is 9.59 Å². The van der Waals surface area contributed by atoms with Gasteiger partial charge < -0.3 is 20.8 Å². The molecule has 0 radical (unpaired) electrons. The average Bonchev–Trinajstić information content (AvgIpc) is 3.87. The fraction of sp³-hybridized carbons (Fsp3) is 0.270. The molecular weight excluding hydrogens is 849 g/mol. The summed E-state index contributed by atoms with van der Waals surface area (Å²) < 4.78 is 0. The predicted molar refractivity (Wildman–Crippen MR) is 280 cm³/mol. The molecule has 350 valence electrons. The number of benzene rings is 8. The summed E-state index contributed by atoms with van der Waals surface area (Å²) in [5.41, 5.74) is 5.13. The lowest BCUT2D eigenvalue weighted by Crippen LogP contribution is -2.58. The number of aliphatic hydroxyl groups is 2. The van der Waals surface area contributed by atoms with Crippen LogP contribution in [0.15, 0.2) is 182 Å². The molecule has 69 heavy (non-hydrogen) atoms. The number of fused-ring (bicyclic) bond motifs is 2. The van der Waals surface area contributed by atoms with Crippen LogP contribution in [-0.4, -0.2) is 33.2 Å². The number of nitrogens with one attached hydrogen (secondary N) is 2. The number of hydrogen-bond donors (Lipinski definition) is 4. The van der Waals surface area contributed by atoms with Crippen molar-refractivity contribution in [2.45, 2.75) is 102 Å². The van der Waals surface area contributed by atoms with Crippen LogP contribution >= 0.6 is 0 Å². The highest BCUT2D eigenvalue weighted by Gasteiger charge is 2.52. The molecule has 4 N–H and O–H groups in total. The molecule has 0 heterocycles. The van der Waals surface area contributed by atoms with Crippen molar-refractivity contribution >= 4 is 33.4 Å². The van der Waals surface area contributed by atoms with Crippen molar-refractivity contribution in [1.82, 2.24) is 10.6 Å². The zero-order valence-electron chi connectivity index (χ0n) is 40.3. The van der Waals surface area contributed by atoms with Gasteiger partial charge in [-0.05, 0) is 95.5 Å². The Kier molecular flexibility index (Phi) is 13.7. The minimum Gasteiger partial charge on any atom is -0.387 e. The maximum Gasteiger partial charge on any atom is 0.236 e. The molecule has 9 rings (SSSR count). The third-order valence-electron chi connectivity index (χ3n) is 14.7. The van der Waals surface area contributed by atoms with E-state index in [1.807, 2.05) is 161 Å². The Morgan fingerprint density at radius 1 is 0.435 bits per heavy atom. The Morgan fingerprint density at radius 3 is 1.04 bits per heavy atom. The first-order valence-electron chi connectivity index (χ1n) is 24.6. The highest BCUT2D eigenvalue weighted by Crippen LogP contribution is 2.44. The van der Waals surface area contributed by atoms with E-state index in [2.05, 4.69) is 59.2 Å². The molecule has 0 bridgehead atoms. The quantitative estimate of drug-likeness (QED) is 0.0726. The van der Waals surface area contributed by atoms with Gasteiger partial charge in [0, 0.05) is 25.7 Å². The van der Waals surface area contributed by atoms with E-state index < -0.39 is 40.5 Å². The first kappa shape index (κ1) is 47.2. The van der Waals surface area contributed by atoms with Crippen LogP contribution in [-0.2, 0) is 35.3 Å². The Labute approximate surface area is 407 Å². The number of amides is 2. The molecule has 1 aliphatic carbocycles. The van der Waals surface area contributed by atoms with Crippen LogP contribution in [0.3, 0.4) is 0 Å². The molecule has 2 amide bonds. The van der Waals surface area contributed by atoms with Gasteiger partial charge in [-0.2, -0.15) is 0 Å². The standard InChI is InChI=1S/C63H64N2O4/c1-43-21-29-47(30-22-43)39-62(68,40-48-31-23-44(2)24-32-48)57(55-19-11-15-51-13-5-7-17-53(51)55)64-59(66)61(37-9-10-38-61)60(67)65-58(56-20-12-16-52-14-6-8-18-54(52)56)63(69,41-49-33-25-45(3)26-34-49)42-50-35-27-46(4)28-36-50/h5-8,11-36,57-58,68-69H,9-10,37-42H2,1-4H3,(H,64,66)(H,65,67)/t57-,58-/m0/s1. The third-order valence-corrected chi connectivity index (χ3v) is 14.7. The van der Waals surface area contributed by atoms with Gasteiger partial charge in [-0.1, -0.05) is 217 Å². The summed E-state index contributed by atoms with van der Waals surface area (Å²) in [6, 6.07) is 59.1. The normalized spacial score (nSPS) is 14.6. The van der Waals surface area contributed by atoms with E-state index in [0.717, 1.165) is 77.2 Å². The lowest BCUT2D eigenvalue weighted by atomic mass is 9.75. The van der Waals surface area contributed by atoms with Gasteiger partial charge in [0.25, 0.3) is 0 Å². The van der Waals surface area contributed by atoms with Crippen LogP contribution in [0.4, 0.5) is 0 Å². The van der Waals surface area contributed by atoms with Crippen molar-refractivity contribution < 1.29 is 19.8 Å². The van der Waals surface area contributed by atoms with E-state index in [1.54, 1.807) is 0 Å². The molecule has 0 unspecified atom stereocenters. The molecule has 2 atom stereocenters. The fourth-order valence-corrected chi connectivity index (χ4v) is 10.9. The Balaban J connectivity index is 1.16. The number of hydrogen-bond acceptors (Lipinski definition) is 4. The Hall–Kier alpha value is -6.86. The van der Waals surface area contributed by atoms with E-state index in [4.69, 9.17) is 0 Å². The van der Waals surface area contributed by atoms with Crippen molar-refractivity contribution in [3.8, 4) is 0 Å². The monoisotopic (exact) mass is 912 g/mol. The first-order chi connectivity index (χ1) is 33.3. The molecule has 6 heteroatoms. The summed E-state index contributed by atoms with van der Waals surface area (Å²) in [7, 11) is 0. The van der Waals surface area contributed by atoms with E-state index in [-0.39, 0.29) is 25.7 Å². The molecule has 0 saturated heterocycles. The summed E-state index contributed by atoms with van der Waals surface area (Å²) in [5.74, 6) is -0.863. The van der Waals surface area contributed by atoms with Crippen LogP contribution in [0.5, 0.6) is 0 Å². The van der Waals surface area contributed by atoms with Crippen LogP contribution in [0.1, 0.15) is 93.4 Å². The molecule has 1 aliphatic rings. The van der Waals surface area contributed by atoms with Crippen molar-refractivity contribution in [3.05, 3.63) is 238 Å². The lowest BCUT2D eigenvalue weighted by Gasteiger charge is -2.42. The minimum absolute atomic E-state index is 0.239. The first-order valence-corrected chi connectivity index (χ1v) is 24.6. The van der Waals surface area contributed by atoms with Crippen molar-refractivity contribution in [3.63, 3.8) is 0 Å². The average molecular weight is 913 g/mol. The topological polar surface area (TPSA) is 98.7 Å². The van der Waals surface area contributed by atoms with Crippen molar-refractivity contribution in [2.75, 3.05) is 0 Å². The number of aryl methyl sites for hydroxylation is 4. The minimum atomic E-state index is -1.55. The third kappa shape index (κ3) is 10.3. The zero-order valence-corrected chi connectivity index (χ0v) is 40.3. The van der Waals surface area contributed by atoms with Gasteiger partial charge in [0.15, 0.2) is 0 Å². The molecule has 6 nitrogen and oxygen atoms in total. The second-order valence-electron chi connectivity index (χ2n) is 20.1. The molecular formula is C63H64N2O4. The van der Waals surface area contributed by atoms with Gasteiger partial charge in [-0.25, -0.2) is 0 Å². The van der Waals surface area contributed by atoms with Crippen LogP contribution in [0.25, 0.3) is 21.5 Å². The van der Waals surface area contributed by atoms with E-state index in [9.17, 15) is 10.2 Å². The molecule has 8 aromatic rings. The van der Waals surface area contributed by atoms with Gasteiger partial charge in [0.2, 0.25) is 11.8 Å². The van der Waals surface area contributed by atoms with Gasteiger partial charge in [-0.15, -0.1) is 0 Å². The van der Waals surface area contributed by atoms with Crippen LogP contribution < -0.4 is 10.6 Å². The molecule has 8 aromatic carbocycles. The molecule has 0 spiro atoms. The van der Waals surface area contributed by atoms with Gasteiger partial charge in [0.05, 0.1) is 23.3 Å². The second kappa shape index (κ2) is 20.0. The SMILES string of the molecule is Cc1ccc(CC(O)(Cc2ccc(C)cc2)[C@@H](NC(=O)C2(C(=O)N[C@@H](c3cccc4ccccc34)C(O)(Cc3ccc(C)cc3)Cc3ccc(C)cc3)CCCC2)c2cccc3ccccc23)cc1. The largest absolute Gasteiger partial charge is 0.387 e. The predicted octanol–water partition coefficient (Wildman–Crippen LogP) is 12.2. The van der Waals surface area contributed by atoms with Gasteiger partial charge >= 0.3 is 0 Å². The number of rotatable bonds is 16. The summed E-state index contributed by atoms with van der Waals surface area (Å²) in [5, 5.41) is 37.9. The number of carbonyl (C=O) groups excluding carboxylic acids is 2. The molecule has 0 aliphatic heterocycles. The fourth-order valence-electron chi connectivity index (χ4n) is 10.9. The summed E-state index contributed by atoms with van der Waals surface area (Å²) in [6.07, 6.45) is 2.94. The summed E-state index contributed by atoms with van der Waals surface area (Å²) in [4.78, 5) is 31.7. The highest BCUT2D eigenvalue weighted by atomic mass is 16.3. The van der Waals surface area contributed by atoms with Gasteiger partial charge in [-0.3, -0.25) is 9.59 Å². The van der Waals surface area contributed by atoms with Crippen LogP contribution in [0.2, 0.25) is 0 Å². The highest BCUT2D eigenvalue weighted by molar-refractivity contribution is 6.06. The Morgan fingerprint density at radius 2 is 0.725 bits per heavy atom. The molecule has 1 fully saturated rings. The van der Waals surface area contributed by atoms with E-state index in [0.29, 0.717) is 25.7 Å². The summed E-state index contributed by atoms with van der Waals surface area (Å²) in [6.45, 7) is 8.18. The van der Waals surface area contributed by atoms with Gasteiger partial charge in [0.1, 0.15) is 5.41 Å². The van der Waals surface area contributed by atoms with Crippen molar-refractivity contribution in [2.24, 2.45) is 5.41 Å². The lowest BCUT2D eigenvalue weighted by molar-refractivity contribution is -0.147. The summed E-state index contributed by atoms with van der Waals surface area (Å²) >= 11 is 0. The smallest absolute Gasteiger partial charge is 0.236 e.